The maximum Gasteiger partial charge on any atom is 0.353 e. The van der Waals surface area contributed by atoms with Crippen LogP contribution in [0.5, 0.6) is 0 Å². The SMILES string of the molecule is CCCCCCC(=O)N1CC(SC2=C(C(=O)O)N3C(=O)[C@H]([C@@H](C)O)[C@H]3[C@H]2C)C1. The molecule has 156 valence electrons. The standard InChI is InChI=1S/C20H30N2O5S/c1-4-5-6-7-8-14(24)21-9-13(10-21)28-18-11(2)16-15(12(3)23)19(25)22(16)17(18)20(26)27/h11-13,15-16,23H,4-10H2,1-3H3,(H,26,27)/t11-,12-,15-,16-/m1/s1. The highest BCUT2D eigenvalue weighted by Crippen LogP contribution is 2.51. The number of likely N-dealkylation sites (tertiary alicyclic amines) is 1. The molecular formula is C20H30N2O5S. The van der Waals surface area contributed by atoms with Crippen molar-refractivity contribution in [2.75, 3.05) is 13.1 Å². The molecule has 8 heteroatoms. The van der Waals surface area contributed by atoms with Crippen LogP contribution < -0.4 is 0 Å². The van der Waals surface area contributed by atoms with Crippen molar-refractivity contribution in [3.8, 4) is 0 Å². The predicted molar refractivity (Wildman–Crippen MR) is 106 cm³/mol. The van der Waals surface area contributed by atoms with Gasteiger partial charge in [-0.25, -0.2) is 4.79 Å². The van der Waals surface area contributed by atoms with E-state index >= 15 is 0 Å². The summed E-state index contributed by atoms with van der Waals surface area (Å²) < 4.78 is 0. The zero-order chi connectivity index (χ0) is 20.6. The number of unbranched alkanes of at least 4 members (excludes halogenated alkanes) is 3. The number of hydrogen-bond donors (Lipinski definition) is 2. The first-order valence-corrected chi connectivity index (χ1v) is 11.1. The largest absolute Gasteiger partial charge is 0.477 e. The number of hydrogen-bond acceptors (Lipinski definition) is 5. The van der Waals surface area contributed by atoms with Crippen LogP contribution in [0.1, 0.15) is 52.9 Å². The molecule has 7 nitrogen and oxygen atoms in total. The summed E-state index contributed by atoms with van der Waals surface area (Å²) in [6.45, 7) is 6.89. The van der Waals surface area contributed by atoms with Crippen LogP contribution in [0.4, 0.5) is 0 Å². The van der Waals surface area contributed by atoms with Crippen molar-refractivity contribution < 1.29 is 24.6 Å². The van der Waals surface area contributed by atoms with Crippen LogP contribution >= 0.6 is 11.8 Å². The zero-order valence-corrected chi connectivity index (χ0v) is 17.6. The number of carbonyl (C=O) groups is 3. The zero-order valence-electron chi connectivity index (χ0n) is 16.8. The van der Waals surface area contributed by atoms with Crippen molar-refractivity contribution in [2.24, 2.45) is 11.8 Å². The molecule has 0 aromatic heterocycles. The minimum Gasteiger partial charge on any atom is -0.477 e. The molecule has 0 radical (unpaired) electrons. The first-order valence-electron chi connectivity index (χ1n) is 10.2. The summed E-state index contributed by atoms with van der Waals surface area (Å²) in [5, 5.41) is 19.7. The quantitative estimate of drug-likeness (QED) is 0.446. The average molecular weight is 411 g/mol. The number of fused-ring (bicyclic) bond motifs is 1. The average Bonchev–Trinajstić information content (AvgIpc) is 2.83. The third kappa shape index (κ3) is 3.68. The van der Waals surface area contributed by atoms with E-state index in [0.29, 0.717) is 24.4 Å². The van der Waals surface area contributed by atoms with E-state index in [1.807, 2.05) is 11.8 Å². The highest BCUT2D eigenvalue weighted by atomic mass is 32.2. The van der Waals surface area contributed by atoms with E-state index in [-0.39, 0.29) is 34.7 Å². The van der Waals surface area contributed by atoms with Crippen LogP contribution in [0.25, 0.3) is 0 Å². The van der Waals surface area contributed by atoms with Gasteiger partial charge in [-0.05, 0) is 13.3 Å². The van der Waals surface area contributed by atoms with Crippen molar-refractivity contribution >= 4 is 29.5 Å². The minimum atomic E-state index is -1.10. The number of aliphatic hydroxyl groups is 1. The summed E-state index contributed by atoms with van der Waals surface area (Å²) in [5.41, 5.74) is 0.0637. The van der Waals surface area contributed by atoms with Gasteiger partial charge in [-0.15, -0.1) is 11.8 Å². The summed E-state index contributed by atoms with van der Waals surface area (Å²) >= 11 is 1.48. The van der Waals surface area contributed by atoms with E-state index in [4.69, 9.17) is 0 Å². The summed E-state index contributed by atoms with van der Waals surface area (Å²) in [4.78, 5) is 40.3. The molecule has 0 unspecified atom stereocenters. The maximum atomic E-state index is 12.4. The molecular weight excluding hydrogens is 380 g/mol. The van der Waals surface area contributed by atoms with Gasteiger partial charge in [-0.1, -0.05) is 33.1 Å². The van der Waals surface area contributed by atoms with Crippen LogP contribution in [0.15, 0.2) is 10.6 Å². The Bertz CT molecular complexity index is 686. The molecule has 2 amide bonds. The predicted octanol–water partition coefficient (Wildman–Crippen LogP) is 2.05. The van der Waals surface area contributed by atoms with Gasteiger partial charge in [0.2, 0.25) is 11.8 Å². The molecule has 28 heavy (non-hydrogen) atoms. The fraction of sp³-hybridized carbons (Fsp3) is 0.750. The van der Waals surface area contributed by atoms with E-state index < -0.39 is 18.0 Å². The van der Waals surface area contributed by atoms with Gasteiger partial charge in [0.25, 0.3) is 0 Å². The molecule has 2 saturated heterocycles. The van der Waals surface area contributed by atoms with Gasteiger partial charge in [0.1, 0.15) is 5.70 Å². The molecule has 3 aliphatic heterocycles. The third-order valence-electron chi connectivity index (χ3n) is 6.05. The second-order valence-electron chi connectivity index (χ2n) is 8.12. The van der Waals surface area contributed by atoms with Crippen molar-refractivity contribution in [1.29, 1.82) is 0 Å². The third-order valence-corrected chi connectivity index (χ3v) is 7.50. The van der Waals surface area contributed by atoms with E-state index in [2.05, 4.69) is 6.92 Å². The summed E-state index contributed by atoms with van der Waals surface area (Å²) in [5.74, 6) is -1.89. The van der Waals surface area contributed by atoms with E-state index in [1.54, 1.807) is 6.92 Å². The fourth-order valence-corrected chi connectivity index (χ4v) is 5.96. The number of carboxylic acids is 1. The monoisotopic (exact) mass is 410 g/mol. The number of rotatable bonds is 9. The molecule has 2 N–H and O–H groups in total. The van der Waals surface area contributed by atoms with Crippen molar-refractivity contribution in [2.45, 2.75) is 70.3 Å². The molecule has 0 spiro atoms. The minimum absolute atomic E-state index is 0.0637. The van der Waals surface area contributed by atoms with Crippen molar-refractivity contribution in [3.05, 3.63) is 10.6 Å². The van der Waals surface area contributed by atoms with Gasteiger partial charge in [-0.2, -0.15) is 0 Å². The van der Waals surface area contributed by atoms with Crippen LogP contribution in [0.2, 0.25) is 0 Å². The lowest BCUT2D eigenvalue weighted by molar-refractivity contribution is -0.163. The van der Waals surface area contributed by atoms with Crippen LogP contribution in [-0.2, 0) is 14.4 Å². The summed E-state index contributed by atoms with van der Waals surface area (Å²) in [7, 11) is 0. The van der Waals surface area contributed by atoms with E-state index in [1.165, 1.54) is 16.7 Å². The van der Waals surface area contributed by atoms with E-state index in [0.717, 1.165) is 25.7 Å². The molecule has 0 aromatic carbocycles. The van der Waals surface area contributed by atoms with Gasteiger partial charge in [0.05, 0.1) is 18.1 Å². The number of amides is 2. The number of carbonyl (C=O) groups excluding carboxylic acids is 2. The van der Waals surface area contributed by atoms with E-state index in [9.17, 15) is 24.6 Å². The van der Waals surface area contributed by atoms with Gasteiger partial charge in [-0.3, -0.25) is 9.59 Å². The Balaban J connectivity index is 1.58. The lowest BCUT2D eigenvalue weighted by atomic mass is 9.79. The topological polar surface area (TPSA) is 98.2 Å². The molecule has 0 aliphatic carbocycles. The second-order valence-corrected chi connectivity index (χ2v) is 9.46. The molecule has 3 rings (SSSR count). The molecule has 4 atom stereocenters. The van der Waals surface area contributed by atoms with Crippen LogP contribution in [-0.4, -0.2) is 68.3 Å². The number of aliphatic hydroxyl groups excluding tert-OH is 1. The Morgan fingerprint density at radius 3 is 2.50 bits per heavy atom. The molecule has 2 fully saturated rings. The summed E-state index contributed by atoms with van der Waals surface area (Å²) in [6, 6.07) is -0.280. The number of carboxylic acid groups (broad SMARTS) is 1. The normalized spacial score (nSPS) is 28.1. The summed E-state index contributed by atoms with van der Waals surface area (Å²) in [6.07, 6.45) is 4.09. The van der Waals surface area contributed by atoms with Crippen molar-refractivity contribution in [1.82, 2.24) is 9.80 Å². The second kappa shape index (κ2) is 8.45. The first kappa shape index (κ1) is 21.2. The van der Waals surface area contributed by atoms with Gasteiger partial charge >= 0.3 is 5.97 Å². The number of aliphatic carboxylic acids is 1. The van der Waals surface area contributed by atoms with Gasteiger partial charge in [0.15, 0.2) is 0 Å². The highest BCUT2D eigenvalue weighted by Gasteiger charge is 2.60. The first-order chi connectivity index (χ1) is 13.3. The van der Waals surface area contributed by atoms with Gasteiger partial charge in [0, 0.05) is 35.6 Å². The highest BCUT2D eigenvalue weighted by molar-refractivity contribution is 8.03. The molecule has 0 bridgehead atoms. The number of β-lactam (4-membered cyclic amide) rings is 1. The molecule has 0 aromatic rings. The molecule has 0 saturated carbocycles. The van der Waals surface area contributed by atoms with Crippen molar-refractivity contribution in [3.63, 3.8) is 0 Å². The smallest absolute Gasteiger partial charge is 0.353 e. The number of thioether (sulfide) groups is 1. The molecule has 3 heterocycles. The van der Waals surface area contributed by atoms with Gasteiger partial charge < -0.3 is 20.0 Å². The fourth-order valence-electron chi connectivity index (χ4n) is 4.44. The lowest BCUT2D eigenvalue weighted by Gasteiger charge is -2.46. The number of nitrogens with zero attached hydrogens (tertiary/aromatic N) is 2. The molecule has 3 aliphatic rings. The Morgan fingerprint density at radius 1 is 1.25 bits per heavy atom. The maximum absolute atomic E-state index is 12.4. The Kier molecular flexibility index (Phi) is 6.39. The Labute approximate surface area is 170 Å². The lowest BCUT2D eigenvalue weighted by Crippen LogP contribution is -2.63. The van der Waals surface area contributed by atoms with Crippen LogP contribution in [0.3, 0.4) is 0 Å². The Hall–Kier alpha value is -1.54. The Morgan fingerprint density at radius 2 is 1.93 bits per heavy atom. The van der Waals surface area contributed by atoms with Crippen LogP contribution in [0, 0.1) is 11.8 Å².